The molecule has 0 saturated heterocycles. The average Bonchev–Trinajstić information content (AvgIpc) is 3.21. The molecule has 0 bridgehead atoms. The number of hydrogen-bond acceptors (Lipinski definition) is 4. The van der Waals surface area contributed by atoms with E-state index in [4.69, 9.17) is 9.84 Å². The maximum absolute atomic E-state index is 12.5. The maximum atomic E-state index is 12.5. The monoisotopic (exact) mass is 457 g/mol. The summed E-state index contributed by atoms with van der Waals surface area (Å²) >= 11 is 0. The van der Waals surface area contributed by atoms with E-state index in [0.29, 0.717) is 0 Å². The lowest BCUT2D eigenvalue weighted by atomic mass is 10.0. The predicted octanol–water partition coefficient (Wildman–Crippen LogP) is 4.92. The summed E-state index contributed by atoms with van der Waals surface area (Å²) in [5.41, 5.74) is 6.58. The van der Waals surface area contributed by atoms with Crippen LogP contribution in [0.3, 0.4) is 0 Å². The third kappa shape index (κ3) is 5.90. The van der Waals surface area contributed by atoms with E-state index < -0.39 is 18.1 Å². The maximum Gasteiger partial charge on any atom is 0.407 e. The third-order valence-electron chi connectivity index (χ3n) is 6.05. The number of fused-ring (bicyclic) bond motifs is 3. The largest absolute Gasteiger partial charge is 0.481 e. The van der Waals surface area contributed by atoms with Crippen molar-refractivity contribution < 1.29 is 24.2 Å². The summed E-state index contributed by atoms with van der Waals surface area (Å²) in [4.78, 5) is 36.1. The number of Topliss-reactive ketones (excluding diaryl/α,β-unsaturated/α-hetero) is 1. The van der Waals surface area contributed by atoms with E-state index in [-0.39, 0.29) is 38.1 Å². The van der Waals surface area contributed by atoms with Crippen molar-refractivity contribution >= 4 is 17.8 Å². The highest BCUT2D eigenvalue weighted by Crippen LogP contribution is 2.38. The van der Waals surface area contributed by atoms with E-state index in [9.17, 15) is 14.4 Å². The van der Waals surface area contributed by atoms with Gasteiger partial charge < -0.3 is 15.2 Å². The Morgan fingerprint density at radius 1 is 0.912 bits per heavy atom. The molecule has 1 aliphatic carbocycles. The van der Waals surface area contributed by atoms with E-state index in [1.165, 1.54) is 11.1 Å². The predicted molar refractivity (Wildman–Crippen MR) is 128 cm³/mol. The zero-order chi connectivity index (χ0) is 23.9. The molecule has 34 heavy (non-hydrogen) atoms. The highest BCUT2D eigenvalue weighted by Gasteiger charge is 2.22. The third-order valence-corrected chi connectivity index (χ3v) is 6.05. The zero-order valence-corrected chi connectivity index (χ0v) is 18.8. The molecule has 0 fully saturated rings. The number of ether oxygens (including phenoxy) is 1. The van der Waals surface area contributed by atoms with Crippen LogP contribution in [0.5, 0.6) is 0 Å². The molecule has 1 amide bonds. The van der Waals surface area contributed by atoms with Crippen LogP contribution >= 0.6 is 0 Å². The van der Waals surface area contributed by atoms with Crippen LogP contribution in [0, 0.1) is 0 Å². The van der Waals surface area contributed by atoms with E-state index in [2.05, 4.69) is 23.5 Å². The molecule has 1 atom stereocenters. The number of rotatable bonds is 10. The molecule has 0 heterocycles. The molecule has 1 aliphatic rings. The summed E-state index contributed by atoms with van der Waals surface area (Å²) in [7, 11) is 0. The summed E-state index contributed by atoms with van der Waals surface area (Å²) in [6.45, 7) is 0.104. The second-order valence-electron chi connectivity index (χ2n) is 8.53. The van der Waals surface area contributed by atoms with Crippen LogP contribution in [0.4, 0.5) is 4.79 Å². The number of carboxylic acid groups (broad SMARTS) is 1. The molecule has 0 saturated carbocycles. The Kier molecular flexibility index (Phi) is 7.38. The van der Waals surface area contributed by atoms with Crippen LogP contribution in [0.2, 0.25) is 0 Å². The van der Waals surface area contributed by atoms with Gasteiger partial charge in [-0.15, -0.1) is 0 Å². The van der Waals surface area contributed by atoms with Gasteiger partial charge in [-0.1, -0.05) is 72.8 Å². The van der Waals surface area contributed by atoms with Gasteiger partial charge in [0.1, 0.15) is 12.4 Å². The second-order valence-corrected chi connectivity index (χ2v) is 8.53. The number of ketones is 1. The first kappa shape index (κ1) is 23.2. The molecule has 0 aliphatic heterocycles. The summed E-state index contributed by atoms with van der Waals surface area (Å²) in [5, 5.41) is 11.8. The Hall–Kier alpha value is -3.93. The van der Waals surface area contributed by atoms with Crippen molar-refractivity contribution in [3.8, 4) is 11.1 Å². The van der Waals surface area contributed by atoms with E-state index >= 15 is 0 Å². The number of carbonyl (C=O) groups is 3. The van der Waals surface area contributed by atoms with Crippen molar-refractivity contribution in [2.24, 2.45) is 0 Å². The number of aliphatic carboxylic acids is 1. The van der Waals surface area contributed by atoms with Gasteiger partial charge >= 0.3 is 12.1 Å². The Balaban J connectivity index is 1.36. The lowest BCUT2D eigenvalue weighted by molar-refractivity contribution is -0.137. The molecule has 2 N–H and O–H groups in total. The highest BCUT2D eigenvalue weighted by atomic mass is 16.5. The quantitative estimate of drug-likeness (QED) is 0.353. The normalized spacial score (nSPS) is 12.4. The molecule has 3 aromatic carbocycles. The SMILES string of the molecule is O=C(O)CC[C@@H](CC(=O)Cc1ccccc1)NC(=O)OCc1cccc2c1Cc1ccccc1-2. The van der Waals surface area contributed by atoms with Crippen molar-refractivity contribution in [2.75, 3.05) is 0 Å². The Morgan fingerprint density at radius 3 is 2.44 bits per heavy atom. The minimum atomic E-state index is -0.977. The molecule has 6 heteroatoms. The summed E-state index contributed by atoms with van der Waals surface area (Å²) in [6, 6.07) is 22.9. The smallest absolute Gasteiger partial charge is 0.407 e. The van der Waals surface area contributed by atoms with E-state index in [1.54, 1.807) is 0 Å². The molecule has 174 valence electrons. The zero-order valence-electron chi connectivity index (χ0n) is 18.8. The standard InChI is InChI=1S/C28H27NO5/c30-23(15-19-7-2-1-3-8-19)17-22(13-14-27(31)32)29-28(33)34-18-21-10-6-12-25-24-11-5-4-9-20(24)16-26(21)25/h1-12,22H,13-18H2,(H,29,33)(H,31,32)/t22-/m0/s1. The summed E-state index contributed by atoms with van der Waals surface area (Å²) < 4.78 is 5.48. The first-order valence-corrected chi connectivity index (χ1v) is 11.4. The van der Waals surface area contributed by atoms with Gasteiger partial charge in [-0.3, -0.25) is 9.59 Å². The molecule has 4 rings (SSSR count). The minimum absolute atomic E-state index is 0.0489. The van der Waals surface area contributed by atoms with Gasteiger partial charge in [0.05, 0.1) is 0 Å². The van der Waals surface area contributed by atoms with E-state index in [0.717, 1.165) is 28.7 Å². The van der Waals surface area contributed by atoms with Crippen molar-refractivity contribution in [3.05, 3.63) is 95.1 Å². The molecule has 3 aromatic rings. The number of amides is 1. The number of hydrogen-bond donors (Lipinski definition) is 2. The van der Waals surface area contributed by atoms with Crippen molar-refractivity contribution in [1.29, 1.82) is 0 Å². The second kappa shape index (κ2) is 10.8. The van der Waals surface area contributed by atoms with Crippen LogP contribution in [-0.2, 0) is 33.8 Å². The lowest BCUT2D eigenvalue weighted by Crippen LogP contribution is -2.37. The molecular weight excluding hydrogens is 430 g/mol. The van der Waals surface area contributed by atoms with Crippen LogP contribution in [0.15, 0.2) is 72.8 Å². The minimum Gasteiger partial charge on any atom is -0.481 e. The van der Waals surface area contributed by atoms with Crippen molar-refractivity contribution in [3.63, 3.8) is 0 Å². The molecule has 0 radical (unpaired) electrons. The number of nitrogens with one attached hydrogen (secondary N) is 1. The van der Waals surface area contributed by atoms with Gasteiger partial charge in [-0.05, 0) is 46.2 Å². The highest BCUT2D eigenvalue weighted by molar-refractivity contribution is 5.82. The van der Waals surface area contributed by atoms with E-state index in [1.807, 2.05) is 54.6 Å². The Morgan fingerprint density at radius 2 is 1.65 bits per heavy atom. The first-order chi connectivity index (χ1) is 16.5. The number of carboxylic acids is 1. The number of carbonyl (C=O) groups excluding carboxylic acids is 2. The van der Waals surface area contributed by atoms with Gasteiger partial charge in [0, 0.05) is 25.3 Å². The number of alkyl carbamates (subject to hydrolysis) is 1. The Labute approximate surface area is 198 Å². The molecular formula is C28H27NO5. The summed E-state index contributed by atoms with van der Waals surface area (Å²) in [5.74, 6) is -1.05. The molecule has 0 unspecified atom stereocenters. The fourth-order valence-corrected chi connectivity index (χ4v) is 4.40. The average molecular weight is 458 g/mol. The van der Waals surface area contributed by atoms with Gasteiger partial charge in [0.2, 0.25) is 0 Å². The van der Waals surface area contributed by atoms with Gasteiger partial charge in [-0.25, -0.2) is 4.79 Å². The number of benzene rings is 3. The fraction of sp³-hybridized carbons (Fsp3) is 0.250. The van der Waals surface area contributed by atoms with Crippen molar-refractivity contribution in [2.45, 2.75) is 44.8 Å². The summed E-state index contributed by atoms with van der Waals surface area (Å²) in [6.07, 6.45) is 0.429. The van der Waals surface area contributed by atoms with Crippen LogP contribution in [0.25, 0.3) is 11.1 Å². The lowest BCUT2D eigenvalue weighted by Gasteiger charge is -2.18. The molecule has 0 spiro atoms. The first-order valence-electron chi connectivity index (χ1n) is 11.4. The van der Waals surface area contributed by atoms with Gasteiger partial charge in [0.15, 0.2) is 0 Å². The topological polar surface area (TPSA) is 92.7 Å². The van der Waals surface area contributed by atoms with Crippen LogP contribution in [-0.4, -0.2) is 29.0 Å². The fourth-order valence-electron chi connectivity index (χ4n) is 4.40. The van der Waals surface area contributed by atoms with Crippen molar-refractivity contribution in [1.82, 2.24) is 5.32 Å². The molecule has 6 nitrogen and oxygen atoms in total. The van der Waals surface area contributed by atoms with Gasteiger partial charge in [0.25, 0.3) is 0 Å². The van der Waals surface area contributed by atoms with Crippen LogP contribution < -0.4 is 5.32 Å². The molecule has 0 aromatic heterocycles. The van der Waals surface area contributed by atoms with Crippen LogP contribution in [0.1, 0.15) is 41.5 Å². The Bertz CT molecular complexity index is 1190. The van der Waals surface area contributed by atoms with Gasteiger partial charge in [-0.2, -0.15) is 0 Å².